The molecule has 1 aromatic heterocycles. The number of amides is 1. The van der Waals surface area contributed by atoms with Crippen molar-refractivity contribution >= 4 is 22.6 Å². The van der Waals surface area contributed by atoms with Crippen molar-refractivity contribution in [2.45, 2.75) is 13.1 Å². The number of fused-ring (bicyclic) bond motifs is 1. The first-order chi connectivity index (χ1) is 13.8. The molecule has 8 heteroatoms. The second kappa shape index (κ2) is 7.05. The van der Waals surface area contributed by atoms with Crippen molar-refractivity contribution in [1.82, 2.24) is 15.4 Å². The van der Waals surface area contributed by atoms with Crippen molar-refractivity contribution in [2.75, 3.05) is 5.32 Å². The smallest absolute Gasteiger partial charge is 0.322 e. The van der Waals surface area contributed by atoms with E-state index < -0.39 is 17.6 Å². The van der Waals surface area contributed by atoms with Gasteiger partial charge in [0.1, 0.15) is 5.52 Å². The maximum atomic E-state index is 12.9. The van der Waals surface area contributed by atoms with Crippen molar-refractivity contribution in [3.8, 4) is 11.1 Å². The molecule has 146 valence electrons. The molecule has 0 aliphatic rings. The summed E-state index contributed by atoms with van der Waals surface area (Å²) in [5.74, 6) is -0.613. The minimum atomic E-state index is -4.51. The molecular weight excluding hydrogens is 381 g/mol. The molecule has 0 spiro atoms. The summed E-state index contributed by atoms with van der Waals surface area (Å²) >= 11 is 0. The van der Waals surface area contributed by atoms with Gasteiger partial charge in [-0.05, 0) is 66.1 Å². The third-order valence-corrected chi connectivity index (χ3v) is 4.58. The number of alkyl halides is 3. The van der Waals surface area contributed by atoms with E-state index in [0.29, 0.717) is 11.2 Å². The monoisotopic (exact) mass is 396 g/mol. The predicted octanol–water partition coefficient (Wildman–Crippen LogP) is 5.20. The van der Waals surface area contributed by atoms with Gasteiger partial charge in [0.15, 0.2) is 0 Å². The maximum absolute atomic E-state index is 12.9. The van der Waals surface area contributed by atoms with Gasteiger partial charge in [-0.2, -0.15) is 13.2 Å². The highest BCUT2D eigenvalue weighted by atomic mass is 19.4. The fourth-order valence-corrected chi connectivity index (χ4v) is 3.06. The molecule has 0 saturated carbocycles. The molecule has 0 unspecified atom stereocenters. The molecule has 0 bridgehead atoms. The van der Waals surface area contributed by atoms with E-state index in [0.717, 1.165) is 34.3 Å². The molecule has 29 heavy (non-hydrogen) atoms. The Labute approximate surface area is 163 Å². The summed E-state index contributed by atoms with van der Waals surface area (Å²) in [7, 11) is 0. The van der Waals surface area contributed by atoms with E-state index in [1.54, 1.807) is 12.1 Å². The number of aromatic nitrogens is 3. The van der Waals surface area contributed by atoms with Crippen LogP contribution in [0.1, 0.15) is 21.5 Å². The van der Waals surface area contributed by atoms with Crippen molar-refractivity contribution in [1.29, 1.82) is 0 Å². The van der Waals surface area contributed by atoms with E-state index in [1.165, 1.54) is 12.1 Å². The number of hydrogen-bond donors (Lipinski definition) is 2. The van der Waals surface area contributed by atoms with Crippen LogP contribution in [-0.2, 0) is 6.18 Å². The minimum absolute atomic E-state index is 0.0639. The summed E-state index contributed by atoms with van der Waals surface area (Å²) in [5, 5.41) is 13.2. The van der Waals surface area contributed by atoms with Crippen LogP contribution >= 0.6 is 0 Å². The number of nitrogens with one attached hydrogen (secondary N) is 2. The first-order valence-corrected chi connectivity index (χ1v) is 8.72. The Morgan fingerprint density at radius 3 is 2.66 bits per heavy atom. The fourth-order valence-electron chi connectivity index (χ4n) is 3.06. The van der Waals surface area contributed by atoms with Crippen LogP contribution in [0.5, 0.6) is 0 Å². The Balaban J connectivity index is 1.63. The largest absolute Gasteiger partial charge is 0.416 e. The third kappa shape index (κ3) is 3.82. The SMILES string of the molecule is Cc1ccc(NC(=O)c2cccc(C(F)(F)F)c2)cc1-c1ccc2[nH]nnc2c1. The van der Waals surface area contributed by atoms with E-state index in [1.807, 2.05) is 31.2 Å². The summed E-state index contributed by atoms with van der Waals surface area (Å²) in [5.41, 5.74) is 3.80. The first kappa shape index (κ1) is 18.7. The lowest BCUT2D eigenvalue weighted by Gasteiger charge is -2.12. The highest BCUT2D eigenvalue weighted by Gasteiger charge is 2.30. The number of rotatable bonds is 3. The van der Waals surface area contributed by atoms with Gasteiger partial charge in [0.2, 0.25) is 0 Å². The Morgan fingerprint density at radius 1 is 1.03 bits per heavy atom. The van der Waals surface area contributed by atoms with Gasteiger partial charge >= 0.3 is 6.18 Å². The van der Waals surface area contributed by atoms with Crippen molar-refractivity contribution in [3.05, 3.63) is 77.4 Å². The first-order valence-electron chi connectivity index (χ1n) is 8.72. The molecule has 3 aromatic carbocycles. The van der Waals surface area contributed by atoms with Crippen LogP contribution < -0.4 is 5.32 Å². The van der Waals surface area contributed by atoms with Gasteiger partial charge < -0.3 is 5.32 Å². The summed E-state index contributed by atoms with van der Waals surface area (Å²) in [4.78, 5) is 12.5. The number of benzene rings is 3. The van der Waals surface area contributed by atoms with Crippen LogP contribution in [0, 0.1) is 6.92 Å². The third-order valence-electron chi connectivity index (χ3n) is 4.58. The van der Waals surface area contributed by atoms with Gasteiger partial charge in [0.05, 0.1) is 11.1 Å². The highest BCUT2D eigenvalue weighted by Crippen LogP contribution is 2.31. The second-order valence-electron chi connectivity index (χ2n) is 6.61. The molecule has 0 aliphatic carbocycles. The average Bonchev–Trinajstić information content (AvgIpc) is 3.16. The standard InChI is InChI=1S/C21H15F3N4O/c1-12-5-7-16(11-17(12)13-6-8-18-19(10-13)27-28-26-18)25-20(29)14-3-2-4-15(9-14)21(22,23)24/h2-11H,1H3,(H,25,29)(H,26,27,28). The molecule has 1 amide bonds. The van der Waals surface area contributed by atoms with Crippen molar-refractivity contribution < 1.29 is 18.0 Å². The van der Waals surface area contributed by atoms with E-state index in [4.69, 9.17) is 0 Å². The van der Waals surface area contributed by atoms with Crippen LogP contribution in [-0.4, -0.2) is 21.3 Å². The number of nitrogens with zero attached hydrogens (tertiary/aromatic N) is 2. The Kier molecular flexibility index (Phi) is 4.54. The zero-order chi connectivity index (χ0) is 20.6. The molecule has 4 aromatic rings. The van der Waals surface area contributed by atoms with E-state index in [2.05, 4.69) is 20.7 Å². The Bertz CT molecular complexity index is 1210. The number of hydrogen-bond acceptors (Lipinski definition) is 3. The average molecular weight is 396 g/mol. The van der Waals surface area contributed by atoms with Crippen LogP contribution in [0.15, 0.2) is 60.7 Å². The molecule has 0 fully saturated rings. The van der Waals surface area contributed by atoms with Gasteiger partial charge in [0, 0.05) is 11.3 Å². The molecule has 2 N–H and O–H groups in total. The van der Waals surface area contributed by atoms with Crippen LogP contribution in [0.3, 0.4) is 0 Å². The van der Waals surface area contributed by atoms with E-state index >= 15 is 0 Å². The van der Waals surface area contributed by atoms with Crippen molar-refractivity contribution in [3.63, 3.8) is 0 Å². The normalized spacial score (nSPS) is 11.6. The molecule has 0 atom stereocenters. The van der Waals surface area contributed by atoms with Crippen molar-refractivity contribution in [2.24, 2.45) is 0 Å². The lowest BCUT2D eigenvalue weighted by Crippen LogP contribution is -2.14. The predicted molar refractivity (Wildman–Crippen MR) is 103 cm³/mol. The quantitative estimate of drug-likeness (QED) is 0.500. The summed E-state index contributed by atoms with van der Waals surface area (Å²) in [6.07, 6.45) is -4.51. The van der Waals surface area contributed by atoms with Gasteiger partial charge in [0.25, 0.3) is 5.91 Å². The van der Waals surface area contributed by atoms with Crippen LogP contribution in [0.2, 0.25) is 0 Å². The summed E-state index contributed by atoms with van der Waals surface area (Å²) in [6.45, 7) is 1.93. The van der Waals surface area contributed by atoms with Crippen LogP contribution in [0.25, 0.3) is 22.2 Å². The maximum Gasteiger partial charge on any atom is 0.416 e. The lowest BCUT2D eigenvalue weighted by atomic mass is 9.99. The number of aryl methyl sites for hydroxylation is 1. The molecule has 0 radical (unpaired) electrons. The molecule has 1 heterocycles. The van der Waals surface area contributed by atoms with Gasteiger partial charge in [-0.1, -0.05) is 23.4 Å². The van der Waals surface area contributed by atoms with Crippen LogP contribution in [0.4, 0.5) is 18.9 Å². The van der Waals surface area contributed by atoms with E-state index in [-0.39, 0.29) is 5.56 Å². The zero-order valence-corrected chi connectivity index (χ0v) is 15.2. The van der Waals surface area contributed by atoms with Gasteiger partial charge in [-0.25, -0.2) is 0 Å². The minimum Gasteiger partial charge on any atom is -0.322 e. The number of halogens is 3. The number of carbonyl (C=O) groups is 1. The van der Waals surface area contributed by atoms with Gasteiger partial charge in [-0.15, -0.1) is 5.10 Å². The molecular formula is C21H15F3N4O. The molecule has 5 nitrogen and oxygen atoms in total. The zero-order valence-electron chi connectivity index (χ0n) is 15.2. The molecule has 0 saturated heterocycles. The number of anilines is 1. The number of aromatic amines is 1. The Morgan fingerprint density at radius 2 is 1.86 bits per heavy atom. The highest BCUT2D eigenvalue weighted by molar-refractivity contribution is 6.04. The summed E-state index contributed by atoms with van der Waals surface area (Å²) in [6, 6.07) is 15.3. The number of carbonyl (C=O) groups excluding carboxylic acids is 1. The van der Waals surface area contributed by atoms with E-state index in [9.17, 15) is 18.0 Å². The fraction of sp³-hybridized carbons (Fsp3) is 0.0952. The lowest BCUT2D eigenvalue weighted by molar-refractivity contribution is -0.137. The molecule has 0 aliphatic heterocycles. The summed E-state index contributed by atoms with van der Waals surface area (Å²) < 4.78 is 38.7. The second-order valence-corrected chi connectivity index (χ2v) is 6.61. The Hall–Kier alpha value is -3.68. The number of H-pyrrole nitrogens is 1. The molecule has 4 rings (SSSR count). The van der Waals surface area contributed by atoms with Gasteiger partial charge in [-0.3, -0.25) is 9.89 Å². The topological polar surface area (TPSA) is 70.7 Å².